The Morgan fingerprint density at radius 1 is 1.03 bits per heavy atom. The molecule has 152 valence electrons. The van der Waals surface area contributed by atoms with Gasteiger partial charge in [-0.25, -0.2) is 4.79 Å². The largest absolute Gasteiger partial charge is 0.444 e. The molecule has 0 N–H and O–H groups in total. The van der Waals surface area contributed by atoms with Crippen LogP contribution in [0.3, 0.4) is 0 Å². The van der Waals surface area contributed by atoms with Crippen LogP contribution in [0.2, 0.25) is 0 Å². The van der Waals surface area contributed by atoms with E-state index in [0.717, 1.165) is 23.2 Å². The first-order valence-electron chi connectivity index (χ1n) is 10.2. The number of rotatable bonds is 2. The zero-order valence-electron chi connectivity index (χ0n) is 17.3. The molecule has 2 bridgehead atoms. The molecule has 0 saturated carbocycles. The van der Waals surface area contributed by atoms with E-state index in [9.17, 15) is 9.59 Å². The molecule has 2 aromatic rings. The van der Waals surface area contributed by atoms with Crippen molar-refractivity contribution in [1.29, 1.82) is 0 Å². The zero-order valence-corrected chi connectivity index (χ0v) is 17.3. The Labute approximate surface area is 171 Å². The van der Waals surface area contributed by atoms with E-state index in [2.05, 4.69) is 6.07 Å². The third kappa shape index (κ3) is 4.44. The highest BCUT2D eigenvalue weighted by atomic mass is 16.6. The SMILES string of the molecule is CC(C)(C)OC(=O)N1CC2C[C@@H](C1)c1cc(/C=C/c3ccccc3)cc(=O)n1C2. The Bertz CT molecular complexity index is 985. The Hall–Kier alpha value is -2.82. The number of ether oxygens (including phenoxy) is 1. The van der Waals surface area contributed by atoms with Crippen molar-refractivity contribution in [2.24, 2.45) is 5.92 Å². The summed E-state index contributed by atoms with van der Waals surface area (Å²) in [5, 5.41) is 0. The van der Waals surface area contributed by atoms with E-state index in [1.807, 2.05) is 72.7 Å². The average molecular weight is 392 g/mol. The van der Waals surface area contributed by atoms with Gasteiger partial charge in [0, 0.05) is 37.3 Å². The molecule has 3 heterocycles. The van der Waals surface area contributed by atoms with Crippen molar-refractivity contribution in [3.8, 4) is 0 Å². The lowest BCUT2D eigenvalue weighted by Crippen LogP contribution is -2.50. The number of amides is 1. The lowest BCUT2D eigenvalue weighted by Gasteiger charge is -2.43. The van der Waals surface area contributed by atoms with Crippen LogP contribution in [0.25, 0.3) is 12.2 Å². The number of hydrogen-bond acceptors (Lipinski definition) is 3. The van der Waals surface area contributed by atoms with Crippen molar-refractivity contribution in [1.82, 2.24) is 9.47 Å². The van der Waals surface area contributed by atoms with Crippen LogP contribution in [-0.2, 0) is 11.3 Å². The van der Waals surface area contributed by atoms with Crippen LogP contribution in [0, 0.1) is 5.92 Å². The molecule has 29 heavy (non-hydrogen) atoms. The standard InChI is InChI=1S/C24H28N2O3/c1-24(2,3)29-23(28)25-14-19-11-20(16-25)21-12-18(13-22(27)26(21)15-19)10-9-17-7-5-4-6-8-17/h4-10,12-13,19-20H,11,14-16H2,1-3H3/b10-9+/t19?,20-/m0/s1. The number of likely N-dealkylation sites (tertiary alicyclic amines) is 1. The molecule has 2 aliphatic rings. The van der Waals surface area contributed by atoms with Gasteiger partial charge in [-0.2, -0.15) is 0 Å². The first-order chi connectivity index (χ1) is 13.8. The minimum Gasteiger partial charge on any atom is -0.444 e. The van der Waals surface area contributed by atoms with Crippen LogP contribution in [0.5, 0.6) is 0 Å². The molecule has 1 saturated heterocycles. The first-order valence-corrected chi connectivity index (χ1v) is 10.2. The summed E-state index contributed by atoms with van der Waals surface area (Å²) in [7, 11) is 0. The van der Waals surface area contributed by atoms with Gasteiger partial charge < -0.3 is 14.2 Å². The molecule has 0 radical (unpaired) electrons. The molecule has 0 aliphatic carbocycles. The van der Waals surface area contributed by atoms with Gasteiger partial charge in [-0.3, -0.25) is 4.79 Å². The summed E-state index contributed by atoms with van der Waals surface area (Å²) in [6, 6.07) is 13.8. The van der Waals surface area contributed by atoms with E-state index in [0.29, 0.717) is 19.6 Å². The third-order valence-corrected chi connectivity index (χ3v) is 5.50. The van der Waals surface area contributed by atoms with E-state index in [4.69, 9.17) is 4.74 Å². The fourth-order valence-electron chi connectivity index (χ4n) is 4.31. The number of benzene rings is 1. The summed E-state index contributed by atoms with van der Waals surface area (Å²) in [5.41, 5.74) is 2.55. The lowest BCUT2D eigenvalue weighted by molar-refractivity contribution is 0.0102. The fraction of sp³-hybridized carbons (Fsp3) is 0.417. The number of aromatic nitrogens is 1. The maximum atomic E-state index is 12.8. The van der Waals surface area contributed by atoms with Gasteiger partial charge in [0.15, 0.2) is 0 Å². The van der Waals surface area contributed by atoms with E-state index in [1.54, 1.807) is 6.07 Å². The molecule has 1 aromatic carbocycles. The average Bonchev–Trinajstić information content (AvgIpc) is 2.67. The second kappa shape index (κ2) is 7.54. The van der Waals surface area contributed by atoms with Crippen molar-refractivity contribution in [3.05, 3.63) is 69.6 Å². The van der Waals surface area contributed by atoms with E-state index >= 15 is 0 Å². The smallest absolute Gasteiger partial charge is 0.410 e. The summed E-state index contributed by atoms with van der Waals surface area (Å²) in [6.45, 7) is 7.55. The van der Waals surface area contributed by atoms with Crippen LogP contribution in [0.15, 0.2) is 47.3 Å². The number of nitrogens with zero attached hydrogens (tertiary/aromatic N) is 2. The van der Waals surface area contributed by atoms with Gasteiger partial charge >= 0.3 is 6.09 Å². The molecule has 4 rings (SSSR count). The monoisotopic (exact) mass is 392 g/mol. The van der Waals surface area contributed by atoms with Crippen molar-refractivity contribution < 1.29 is 9.53 Å². The molecule has 2 aliphatic heterocycles. The van der Waals surface area contributed by atoms with Crippen LogP contribution in [0.4, 0.5) is 4.79 Å². The molecular weight excluding hydrogens is 364 g/mol. The van der Waals surface area contributed by atoms with Crippen LogP contribution in [0.1, 0.15) is 49.9 Å². The minimum absolute atomic E-state index is 0.0376. The quantitative estimate of drug-likeness (QED) is 0.762. The van der Waals surface area contributed by atoms with Crippen LogP contribution in [-0.4, -0.2) is 34.3 Å². The zero-order chi connectivity index (χ0) is 20.6. The highest BCUT2D eigenvalue weighted by Gasteiger charge is 2.37. The summed E-state index contributed by atoms with van der Waals surface area (Å²) < 4.78 is 7.47. The second-order valence-corrected chi connectivity index (χ2v) is 9.09. The fourth-order valence-corrected chi connectivity index (χ4v) is 4.31. The summed E-state index contributed by atoms with van der Waals surface area (Å²) in [5.74, 6) is 0.449. The first kappa shape index (κ1) is 19.5. The normalized spacial score (nSPS) is 21.1. The molecule has 2 atom stereocenters. The maximum absolute atomic E-state index is 12.8. The van der Waals surface area contributed by atoms with Gasteiger partial charge in [0.1, 0.15) is 5.60 Å². The predicted molar refractivity (Wildman–Crippen MR) is 115 cm³/mol. The predicted octanol–water partition coefficient (Wildman–Crippen LogP) is 4.37. The number of pyridine rings is 1. The minimum atomic E-state index is -0.506. The Morgan fingerprint density at radius 2 is 1.76 bits per heavy atom. The molecule has 1 aromatic heterocycles. The number of fused-ring (bicyclic) bond motifs is 4. The molecule has 1 amide bonds. The van der Waals surface area contributed by atoms with Gasteiger partial charge in [0.05, 0.1) is 0 Å². The molecule has 1 unspecified atom stereocenters. The van der Waals surface area contributed by atoms with Gasteiger partial charge in [0.2, 0.25) is 0 Å². The molecule has 1 fully saturated rings. The van der Waals surface area contributed by atoms with E-state index in [-0.39, 0.29) is 23.5 Å². The van der Waals surface area contributed by atoms with Gasteiger partial charge in [-0.05, 0) is 50.3 Å². The van der Waals surface area contributed by atoms with Crippen molar-refractivity contribution in [2.75, 3.05) is 13.1 Å². The van der Waals surface area contributed by atoms with Crippen molar-refractivity contribution in [3.63, 3.8) is 0 Å². The molecule has 5 nitrogen and oxygen atoms in total. The Kier molecular flexibility index (Phi) is 5.07. The van der Waals surface area contributed by atoms with Crippen molar-refractivity contribution in [2.45, 2.75) is 45.3 Å². The molecule has 0 spiro atoms. The van der Waals surface area contributed by atoms with Gasteiger partial charge in [0.25, 0.3) is 5.56 Å². The summed E-state index contributed by atoms with van der Waals surface area (Å²) in [4.78, 5) is 27.1. The van der Waals surface area contributed by atoms with Crippen LogP contribution < -0.4 is 5.56 Å². The topological polar surface area (TPSA) is 51.5 Å². The Morgan fingerprint density at radius 3 is 2.48 bits per heavy atom. The van der Waals surface area contributed by atoms with Gasteiger partial charge in [-0.15, -0.1) is 0 Å². The highest BCUT2D eigenvalue weighted by Crippen LogP contribution is 2.36. The molecular formula is C24H28N2O3. The lowest BCUT2D eigenvalue weighted by atomic mass is 9.83. The number of piperidine rings is 1. The summed E-state index contributed by atoms with van der Waals surface area (Å²) in [6.07, 6.45) is 4.75. The Balaban J connectivity index is 1.59. The maximum Gasteiger partial charge on any atom is 0.410 e. The number of carbonyl (C=O) groups is 1. The van der Waals surface area contributed by atoms with E-state index in [1.165, 1.54) is 0 Å². The van der Waals surface area contributed by atoms with E-state index < -0.39 is 5.60 Å². The van der Waals surface area contributed by atoms with Gasteiger partial charge in [-0.1, -0.05) is 42.5 Å². The number of carbonyl (C=O) groups excluding carboxylic acids is 1. The highest BCUT2D eigenvalue weighted by molar-refractivity contribution is 5.70. The summed E-state index contributed by atoms with van der Waals surface area (Å²) >= 11 is 0. The van der Waals surface area contributed by atoms with Crippen molar-refractivity contribution >= 4 is 18.2 Å². The second-order valence-electron chi connectivity index (χ2n) is 9.09. The number of hydrogen-bond donors (Lipinski definition) is 0. The van der Waals surface area contributed by atoms with Crippen LogP contribution >= 0.6 is 0 Å². The molecule has 5 heteroatoms. The third-order valence-electron chi connectivity index (χ3n) is 5.50.